The second-order valence-corrected chi connectivity index (χ2v) is 10.6. The highest BCUT2D eigenvalue weighted by atomic mass is 127. The summed E-state index contributed by atoms with van der Waals surface area (Å²) in [6, 6.07) is 6.57. The number of amides is 3. The fourth-order valence-corrected chi connectivity index (χ4v) is 6.88. The molecule has 138 valence electrons. The molecule has 0 aromatic heterocycles. The summed E-state index contributed by atoms with van der Waals surface area (Å²) in [6.45, 7) is 1.62. The van der Waals surface area contributed by atoms with Gasteiger partial charge in [-0.15, -0.1) is 0 Å². The fraction of sp³-hybridized carbons (Fsp3) is 0.500. The number of alkyl halides is 2. The van der Waals surface area contributed by atoms with Crippen molar-refractivity contribution in [3.63, 3.8) is 0 Å². The first-order valence-corrected chi connectivity index (χ1v) is 11.4. The Morgan fingerprint density at radius 1 is 1.12 bits per heavy atom. The highest BCUT2D eigenvalue weighted by molar-refractivity contribution is 14.1. The molecule has 3 aliphatic rings. The Balaban J connectivity index is 1.53. The van der Waals surface area contributed by atoms with E-state index in [1.54, 1.807) is 19.1 Å². The van der Waals surface area contributed by atoms with E-state index < -0.39 is 6.04 Å². The predicted molar refractivity (Wildman–Crippen MR) is 113 cm³/mol. The Bertz CT molecular complexity index is 755. The molecule has 4 rings (SSSR count). The average molecular weight is 596 g/mol. The van der Waals surface area contributed by atoms with Crippen LogP contribution >= 0.6 is 54.5 Å². The van der Waals surface area contributed by atoms with Gasteiger partial charge in [0.25, 0.3) is 0 Å². The number of halogens is 3. The number of likely N-dealkylation sites (tertiary alicyclic amines) is 1. The van der Waals surface area contributed by atoms with E-state index in [0.29, 0.717) is 5.69 Å². The zero-order chi connectivity index (χ0) is 18.7. The minimum atomic E-state index is -0.818. The lowest BCUT2D eigenvalue weighted by Gasteiger charge is -2.28. The van der Waals surface area contributed by atoms with E-state index >= 15 is 0 Å². The maximum atomic E-state index is 13.0. The van der Waals surface area contributed by atoms with Crippen molar-refractivity contribution < 1.29 is 14.4 Å². The summed E-state index contributed by atoms with van der Waals surface area (Å²) in [5.74, 6) is -1.00. The maximum absolute atomic E-state index is 13.0. The van der Waals surface area contributed by atoms with E-state index in [4.69, 9.17) is 0 Å². The molecular weight excluding hydrogens is 579 g/mol. The molecule has 8 heteroatoms. The first-order valence-electron chi connectivity index (χ1n) is 8.52. The molecule has 2 aliphatic carbocycles. The molecule has 0 radical (unpaired) electrons. The van der Waals surface area contributed by atoms with Gasteiger partial charge in [-0.2, -0.15) is 0 Å². The van der Waals surface area contributed by atoms with Crippen LogP contribution in [0.15, 0.2) is 24.3 Å². The van der Waals surface area contributed by atoms with Crippen LogP contribution in [0.1, 0.15) is 13.3 Å². The summed E-state index contributed by atoms with van der Waals surface area (Å²) in [7, 11) is 0. The van der Waals surface area contributed by atoms with Crippen LogP contribution in [-0.2, 0) is 14.4 Å². The Hall–Kier alpha value is -0.480. The van der Waals surface area contributed by atoms with Crippen molar-refractivity contribution >= 4 is 77.9 Å². The Kier molecular flexibility index (Phi) is 4.97. The number of rotatable bonds is 3. The number of imide groups is 1. The van der Waals surface area contributed by atoms with Gasteiger partial charge in [-0.25, -0.2) is 0 Å². The lowest BCUT2D eigenvalue weighted by Crippen LogP contribution is -2.46. The van der Waals surface area contributed by atoms with Gasteiger partial charge in [-0.1, -0.05) is 31.9 Å². The normalized spacial score (nSPS) is 36.4. The highest BCUT2D eigenvalue weighted by Crippen LogP contribution is 2.60. The topological polar surface area (TPSA) is 66.5 Å². The standard InChI is InChI=1S/C18H17Br2IN2O3/c1-7(16(24)22-9-4-2-8(21)3-5-9)23-17(25)12-10-6-11(13(12)18(23)26)15(20)14(10)19/h2-5,7,10-15H,6H2,1H3,(H,22,24)/t7-,10+,11+,12-,13+,14-,15+/m1/s1. The minimum absolute atomic E-state index is 0.155. The van der Waals surface area contributed by atoms with E-state index in [9.17, 15) is 14.4 Å². The summed E-state index contributed by atoms with van der Waals surface area (Å²) >= 11 is 9.53. The molecule has 1 N–H and O–H groups in total. The van der Waals surface area contributed by atoms with Gasteiger partial charge in [0, 0.05) is 18.9 Å². The van der Waals surface area contributed by atoms with Gasteiger partial charge in [0.15, 0.2) is 0 Å². The molecule has 2 bridgehead atoms. The summed E-state index contributed by atoms with van der Waals surface area (Å²) in [6.07, 6.45) is 0.885. The first kappa shape index (κ1) is 18.9. The van der Waals surface area contributed by atoms with Crippen LogP contribution in [0.2, 0.25) is 0 Å². The van der Waals surface area contributed by atoms with Gasteiger partial charge >= 0.3 is 0 Å². The van der Waals surface area contributed by atoms with E-state index in [0.717, 1.165) is 9.99 Å². The van der Waals surface area contributed by atoms with Gasteiger partial charge in [-0.05, 0) is 72.0 Å². The number of nitrogens with zero attached hydrogens (tertiary/aromatic N) is 1. The van der Waals surface area contributed by atoms with Gasteiger partial charge in [-0.3, -0.25) is 19.3 Å². The van der Waals surface area contributed by atoms with Crippen LogP contribution in [-0.4, -0.2) is 38.3 Å². The Morgan fingerprint density at radius 3 is 2.12 bits per heavy atom. The van der Waals surface area contributed by atoms with Crippen LogP contribution in [0.25, 0.3) is 0 Å². The molecule has 7 atom stereocenters. The molecule has 3 fully saturated rings. The van der Waals surface area contributed by atoms with Gasteiger partial charge in [0.2, 0.25) is 17.7 Å². The average Bonchev–Trinajstić information content (AvgIpc) is 3.21. The smallest absolute Gasteiger partial charge is 0.247 e. The zero-order valence-corrected chi connectivity index (χ0v) is 19.2. The third-order valence-corrected chi connectivity index (χ3v) is 9.83. The lowest BCUT2D eigenvalue weighted by molar-refractivity contribution is -0.146. The van der Waals surface area contributed by atoms with Gasteiger partial charge in [0.05, 0.1) is 11.8 Å². The van der Waals surface area contributed by atoms with Gasteiger partial charge < -0.3 is 5.32 Å². The van der Waals surface area contributed by atoms with E-state index in [1.165, 1.54) is 4.90 Å². The summed E-state index contributed by atoms with van der Waals surface area (Å²) in [4.78, 5) is 40.2. The third kappa shape index (κ3) is 2.78. The van der Waals surface area contributed by atoms with Crippen molar-refractivity contribution in [1.29, 1.82) is 0 Å². The Morgan fingerprint density at radius 2 is 1.62 bits per heavy atom. The molecule has 5 nitrogen and oxygen atoms in total. The van der Waals surface area contributed by atoms with E-state index in [2.05, 4.69) is 59.8 Å². The quantitative estimate of drug-likeness (QED) is 0.331. The summed E-state index contributed by atoms with van der Waals surface area (Å²) in [5, 5.41) is 2.80. The van der Waals surface area contributed by atoms with Crippen molar-refractivity contribution in [3.05, 3.63) is 27.8 Å². The predicted octanol–water partition coefficient (Wildman–Crippen LogP) is 3.40. The second-order valence-electron chi connectivity index (χ2n) is 7.22. The van der Waals surface area contributed by atoms with Crippen LogP contribution in [0.5, 0.6) is 0 Å². The third-order valence-electron chi connectivity index (χ3n) is 5.90. The number of fused-ring (bicyclic) bond motifs is 5. The number of carbonyl (C=O) groups excluding carboxylic acids is 3. The molecule has 1 saturated heterocycles. The molecule has 1 aliphatic heterocycles. The molecule has 1 aromatic carbocycles. The lowest BCUT2D eigenvalue weighted by atomic mass is 9.81. The summed E-state index contributed by atoms with van der Waals surface area (Å²) < 4.78 is 1.07. The van der Waals surface area contributed by atoms with Crippen molar-refractivity contribution in [1.82, 2.24) is 4.90 Å². The summed E-state index contributed by atoms with van der Waals surface area (Å²) in [5.41, 5.74) is 0.655. The molecule has 26 heavy (non-hydrogen) atoms. The van der Waals surface area contributed by atoms with Gasteiger partial charge in [0.1, 0.15) is 6.04 Å². The van der Waals surface area contributed by atoms with Crippen LogP contribution < -0.4 is 5.32 Å². The SMILES string of the molecule is C[C@H](C(=O)Nc1ccc(I)cc1)N1C(=O)[C@@H]2[C@@H]3C[C@H]([C@H](Br)[C@@H]3Br)[C@@H]2C1=O. The monoisotopic (exact) mass is 594 g/mol. The van der Waals surface area contributed by atoms with Crippen LogP contribution in [0, 0.1) is 27.2 Å². The number of hydrogen-bond donors (Lipinski definition) is 1. The van der Waals surface area contributed by atoms with Crippen LogP contribution in [0.3, 0.4) is 0 Å². The van der Waals surface area contributed by atoms with Crippen molar-refractivity contribution in [3.8, 4) is 0 Å². The molecule has 2 saturated carbocycles. The van der Waals surface area contributed by atoms with Crippen molar-refractivity contribution in [2.24, 2.45) is 23.7 Å². The number of benzene rings is 1. The number of carbonyl (C=O) groups is 3. The molecule has 0 unspecified atom stereocenters. The van der Waals surface area contributed by atoms with Crippen molar-refractivity contribution in [2.75, 3.05) is 5.32 Å². The van der Waals surface area contributed by atoms with E-state index in [-0.39, 0.29) is 51.0 Å². The number of hydrogen-bond acceptors (Lipinski definition) is 3. The molecule has 1 aromatic rings. The minimum Gasteiger partial charge on any atom is -0.324 e. The first-order chi connectivity index (χ1) is 12.3. The second kappa shape index (κ2) is 6.84. The molecular formula is C18H17Br2IN2O3. The van der Waals surface area contributed by atoms with Crippen LogP contribution in [0.4, 0.5) is 5.69 Å². The zero-order valence-electron chi connectivity index (χ0n) is 13.9. The Labute approximate surface area is 182 Å². The highest BCUT2D eigenvalue weighted by Gasteiger charge is 2.67. The molecule has 1 heterocycles. The fourth-order valence-electron chi connectivity index (χ4n) is 4.65. The number of anilines is 1. The molecule has 3 amide bonds. The van der Waals surface area contributed by atoms with E-state index in [1.807, 2.05) is 12.1 Å². The molecule has 0 spiro atoms. The van der Waals surface area contributed by atoms with Crippen molar-refractivity contribution in [2.45, 2.75) is 29.0 Å². The number of nitrogens with one attached hydrogen (secondary N) is 1. The maximum Gasteiger partial charge on any atom is 0.247 e. The largest absolute Gasteiger partial charge is 0.324 e.